The smallest absolute Gasteiger partial charge is 0.309 e. The number of hydrogen-bond acceptors (Lipinski definition) is 6. The van der Waals surface area contributed by atoms with E-state index in [2.05, 4.69) is 0 Å². The van der Waals surface area contributed by atoms with Crippen LogP contribution >= 0.6 is 0 Å². The second-order valence-electron chi connectivity index (χ2n) is 10.1. The maximum absolute atomic E-state index is 13.6. The molecule has 0 bridgehead atoms. The predicted octanol–water partition coefficient (Wildman–Crippen LogP) is 5.78. The first-order valence-corrected chi connectivity index (χ1v) is 12.8. The van der Waals surface area contributed by atoms with Crippen LogP contribution in [0.1, 0.15) is 59.2 Å². The Morgan fingerprint density at radius 2 is 1.69 bits per heavy atom. The van der Waals surface area contributed by atoms with Crippen LogP contribution in [0.25, 0.3) is 5.76 Å². The Labute approximate surface area is 228 Å². The molecule has 7 heteroatoms. The molecule has 0 radical (unpaired) electrons. The molecule has 1 aliphatic heterocycles. The van der Waals surface area contributed by atoms with E-state index < -0.39 is 17.7 Å². The zero-order valence-corrected chi connectivity index (χ0v) is 23.1. The molecule has 4 rings (SSSR count). The van der Waals surface area contributed by atoms with Gasteiger partial charge in [-0.05, 0) is 66.3 Å². The summed E-state index contributed by atoms with van der Waals surface area (Å²) in [4.78, 5) is 40.2. The van der Waals surface area contributed by atoms with E-state index in [4.69, 9.17) is 9.47 Å². The fourth-order valence-electron chi connectivity index (χ4n) is 4.99. The fourth-order valence-corrected chi connectivity index (χ4v) is 4.99. The minimum absolute atomic E-state index is 0.0206. The lowest BCUT2D eigenvalue weighted by molar-refractivity contribution is -0.139. The number of amides is 1. The van der Waals surface area contributed by atoms with Crippen molar-refractivity contribution in [2.45, 2.75) is 46.1 Å². The average Bonchev–Trinajstić information content (AvgIpc) is 3.18. The number of ketones is 1. The van der Waals surface area contributed by atoms with Crippen molar-refractivity contribution in [3.8, 4) is 5.75 Å². The fraction of sp³-hybridized carbons (Fsp3) is 0.281. The lowest BCUT2D eigenvalue weighted by Crippen LogP contribution is -2.29. The summed E-state index contributed by atoms with van der Waals surface area (Å²) in [6, 6.07) is 17.2. The maximum Gasteiger partial charge on any atom is 0.309 e. The number of carbonyl (C=O) groups is 3. The normalized spacial score (nSPS) is 16.6. The first kappa shape index (κ1) is 27.6. The highest BCUT2D eigenvalue weighted by atomic mass is 16.5. The van der Waals surface area contributed by atoms with E-state index in [1.807, 2.05) is 64.1 Å². The number of nitrogens with zero attached hydrogens (tertiary/aromatic N) is 1. The Morgan fingerprint density at radius 1 is 1.00 bits per heavy atom. The van der Waals surface area contributed by atoms with Crippen molar-refractivity contribution in [3.05, 3.63) is 99.6 Å². The third kappa shape index (κ3) is 5.30. The Morgan fingerprint density at radius 3 is 2.28 bits per heavy atom. The largest absolute Gasteiger partial charge is 0.507 e. The summed E-state index contributed by atoms with van der Waals surface area (Å²) < 4.78 is 10.3. The van der Waals surface area contributed by atoms with Gasteiger partial charge in [-0.15, -0.1) is 0 Å². The molecule has 0 aromatic heterocycles. The molecule has 3 aromatic rings. The van der Waals surface area contributed by atoms with Gasteiger partial charge in [-0.2, -0.15) is 0 Å². The van der Waals surface area contributed by atoms with Crippen molar-refractivity contribution >= 4 is 29.1 Å². The molecule has 1 fully saturated rings. The summed E-state index contributed by atoms with van der Waals surface area (Å²) in [7, 11) is 2.92. The number of carbonyl (C=O) groups excluding carboxylic acids is 3. The number of benzene rings is 3. The molecule has 202 valence electrons. The number of hydrogen-bond donors (Lipinski definition) is 1. The molecule has 1 unspecified atom stereocenters. The van der Waals surface area contributed by atoms with Crippen molar-refractivity contribution in [2.75, 3.05) is 19.1 Å². The molecule has 1 amide bonds. The van der Waals surface area contributed by atoms with E-state index in [-0.39, 0.29) is 29.6 Å². The molecule has 1 N–H and O–H groups in total. The first-order chi connectivity index (χ1) is 18.6. The highest BCUT2D eigenvalue weighted by Crippen LogP contribution is 2.43. The Balaban J connectivity index is 1.91. The van der Waals surface area contributed by atoms with Crippen LogP contribution in [0.4, 0.5) is 5.69 Å². The van der Waals surface area contributed by atoms with Crippen molar-refractivity contribution in [1.29, 1.82) is 0 Å². The summed E-state index contributed by atoms with van der Waals surface area (Å²) in [5.74, 6) is -1.31. The molecule has 3 aromatic carbocycles. The van der Waals surface area contributed by atoms with Gasteiger partial charge in [0, 0.05) is 11.3 Å². The van der Waals surface area contributed by atoms with Crippen LogP contribution < -0.4 is 9.64 Å². The number of Topliss-reactive ketones (excluding diaryl/α,β-unsaturated/α-hetero) is 1. The zero-order valence-electron chi connectivity index (χ0n) is 23.1. The van der Waals surface area contributed by atoms with Crippen molar-refractivity contribution in [3.63, 3.8) is 0 Å². The van der Waals surface area contributed by atoms with Crippen LogP contribution in [0.2, 0.25) is 0 Å². The van der Waals surface area contributed by atoms with Crippen LogP contribution in [-0.4, -0.2) is 37.0 Å². The molecular weight excluding hydrogens is 494 g/mol. The molecule has 1 heterocycles. The van der Waals surface area contributed by atoms with Crippen LogP contribution in [0, 0.1) is 13.8 Å². The third-order valence-corrected chi connectivity index (χ3v) is 7.05. The lowest BCUT2D eigenvalue weighted by atomic mass is 9.90. The quantitative estimate of drug-likeness (QED) is 0.181. The molecule has 1 saturated heterocycles. The average molecular weight is 528 g/mol. The van der Waals surface area contributed by atoms with Gasteiger partial charge in [-0.25, -0.2) is 0 Å². The van der Waals surface area contributed by atoms with E-state index in [9.17, 15) is 19.5 Å². The lowest BCUT2D eigenvalue weighted by Gasteiger charge is -2.26. The highest BCUT2D eigenvalue weighted by molar-refractivity contribution is 6.51. The number of methoxy groups -OCH3 is 2. The Hall–Kier alpha value is -4.39. The molecule has 39 heavy (non-hydrogen) atoms. The molecule has 0 saturated carbocycles. The Bertz CT molecular complexity index is 1470. The van der Waals surface area contributed by atoms with E-state index in [0.29, 0.717) is 28.1 Å². The summed E-state index contributed by atoms with van der Waals surface area (Å²) in [5, 5.41) is 11.7. The van der Waals surface area contributed by atoms with Crippen LogP contribution in [-0.2, 0) is 25.5 Å². The van der Waals surface area contributed by atoms with Crippen molar-refractivity contribution in [1.82, 2.24) is 0 Å². The summed E-state index contributed by atoms with van der Waals surface area (Å²) >= 11 is 0. The van der Waals surface area contributed by atoms with Gasteiger partial charge in [0.15, 0.2) is 0 Å². The van der Waals surface area contributed by atoms with Crippen molar-refractivity contribution < 1.29 is 29.0 Å². The monoisotopic (exact) mass is 527 g/mol. The number of rotatable bonds is 7. The van der Waals surface area contributed by atoms with Crippen LogP contribution in [0.15, 0.2) is 66.2 Å². The molecule has 1 atom stereocenters. The standard InChI is InChI=1S/C32H33NO6/c1-18(2)24-17-25(20(4)15-26(24)38-5)30(35)28-29(22-9-7-8-19(3)14-22)33(32(37)31(28)36)23-12-10-21(11-13-23)16-27(34)39-6/h7-15,17-18,29,35H,16H2,1-6H3/b30-28+. The summed E-state index contributed by atoms with van der Waals surface area (Å²) in [5.41, 5.74) is 4.94. The Kier molecular flexibility index (Phi) is 7.90. The van der Waals surface area contributed by atoms with E-state index >= 15 is 0 Å². The number of aliphatic hydroxyl groups excluding tert-OH is 1. The number of aliphatic hydroxyl groups is 1. The van der Waals surface area contributed by atoms with Crippen LogP contribution in [0.5, 0.6) is 5.75 Å². The van der Waals surface area contributed by atoms with Gasteiger partial charge in [-0.1, -0.05) is 55.8 Å². The number of aryl methyl sites for hydroxylation is 2. The van der Waals surface area contributed by atoms with Crippen LogP contribution in [0.3, 0.4) is 0 Å². The molecule has 7 nitrogen and oxygen atoms in total. The van der Waals surface area contributed by atoms with E-state index in [1.165, 1.54) is 12.0 Å². The minimum Gasteiger partial charge on any atom is -0.507 e. The van der Waals surface area contributed by atoms with Gasteiger partial charge in [-0.3, -0.25) is 19.3 Å². The predicted molar refractivity (Wildman–Crippen MR) is 150 cm³/mol. The topological polar surface area (TPSA) is 93.1 Å². The molecular formula is C32H33NO6. The number of anilines is 1. The number of esters is 1. The second kappa shape index (κ2) is 11.2. The van der Waals surface area contributed by atoms with Gasteiger partial charge in [0.2, 0.25) is 0 Å². The SMILES string of the molecule is COC(=O)Cc1ccc(N2C(=O)C(=O)/C(=C(/O)c3cc(C(C)C)c(OC)cc3C)C2c2cccc(C)c2)cc1. The highest BCUT2D eigenvalue weighted by Gasteiger charge is 2.47. The van der Waals surface area contributed by atoms with Gasteiger partial charge in [0.1, 0.15) is 11.5 Å². The summed E-state index contributed by atoms with van der Waals surface area (Å²) in [6.45, 7) is 7.80. The van der Waals surface area contributed by atoms with Gasteiger partial charge >= 0.3 is 5.97 Å². The molecule has 0 aliphatic carbocycles. The minimum atomic E-state index is -0.847. The van der Waals surface area contributed by atoms with Gasteiger partial charge < -0.3 is 14.6 Å². The van der Waals surface area contributed by atoms with E-state index in [1.54, 1.807) is 31.4 Å². The zero-order chi connectivity index (χ0) is 28.4. The second-order valence-corrected chi connectivity index (χ2v) is 10.1. The number of ether oxygens (including phenoxy) is 2. The first-order valence-electron chi connectivity index (χ1n) is 12.8. The van der Waals surface area contributed by atoms with Gasteiger partial charge in [0.05, 0.1) is 32.3 Å². The summed E-state index contributed by atoms with van der Waals surface area (Å²) in [6.07, 6.45) is 0.0891. The third-order valence-electron chi connectivity index (χ3n) is 7.05. The maximum atomic E-state index is 13.6. The van der Waals surface area contributed by atoms with Crippen molar-refractivity contribution in [2.24, 2.45) is 0 Å². The van der Waals surface area contributed by atoms with E-state index in [0.717, 1.165) is 16.7 Å². The van der Waals surface area contributed by atoms with Gasteiger partial charge in [0.25, 0.3) is 11.7 Å². The molecule has 0 spiro atoms. The molecule has 1 aliphatic rings.